The van der Waals surface area contributed by atoms with E-state index in [-0.39, 0.29) is 10.6 Å². The molecule has 0 atom stereocenters. The number of nitro benzene ring substituents is 1. The summed E-state index contributed by atoms with van der Waals surface area (Å²) in [5.41, 5.74) is 4.20. The summed E-state index contributed by atoms with van der Waals surface area (Å²) in [7, 11) is -3.83. The monoisotopic (exact) mass is 527 g/mol. The van der Waals surface area contributed by atoms with Crippen molar-refractivity contribution >= 4 is 44.6 Å². The Hall–Kier alpha value is -4.76. The standard InChI is InChI=1S/C29H25N3O5S/c1-20-11-12-25(17-21(20)2)31-38(36,37)27-15-13-24(14-16-27)30-29(33)28(23-8-4-3-5-9-23)19-22-7-6-10-26(18-22)32(34)35/h3-19,31H,1-2H3,(H,30,33)/b28-19-. The van der Waals surface area contributed by atoms with E-state index in [0.29, 0.717) is 28.1 Å². The van der Waals surface area contributed by atoms with E-state index >= 15 is 0 Å². The van der Waals surface area contributed by atoms with Gasteiger partial charge in [0, 0.05) is 29.1 Å². The predicted octanol–water partition coefficient (Wildman–Crippen LogP) is 6.19. The number of nitrogens with zero attached hydrogens (tertiary/aromatic N) is 1. The van der Waals surface area contributed by atoms with Crippen LogP contribution in [0.25, 0.3) is 11.6 Å². The number of non-ortho nitro benzene ring substituents is 1. The minimum Gasteiger partial charge on any atom is -0.322 e. The molecule has 0 aliphatic carbocycles. The van der Waals surface area contributed by atoms with Crippen molar-refractivity contribution in [1.29, 1.82) is 0 Å². The van der Waals surface area contributed by atoms with Crippen LogP contribution in [0.1, 0.15) is 22.3 Å². The highest BCUT2D eigenvalue weighted by atomic mass is 32.2. The molecular formula is C29H25N3O5S. The Morgan fingerprint density at radius 2 is 1.50 bits per heavy atom. The lowest BCUT2D eigenvalue weighted by Crippen LogP contribution is -2.15. The van der Waals surface area contributed by atoms with Crippen LogP contribution < -0.4 is 10.0 Å². The van der Waals surface area contributed by atoms with Gasteiger partial charge in [-0.15, -0.1) is 0 Å². The third-order valence-corrected chi connectivity index (χ3v) is 7.30. The van der Waals surface area contributed by atoms with Crippen molar-refractivity contribution in [3.05, 3.63) is 129 Å². The summed E-state index contributed by atoms with van der Waals surface area (Å²) in [5.74, 6) is -0.452. The van der Waals surface area contributed by atoms with E-state index in [1.54, 1.807) is 54.6 Å². The van der Waals surface area contributed by atoms with E-state index in [0.717, 1.165) is 11.1 Å². The Kier molecular flexibility index (Phi) is 7.68. The van der Waals surface area contributed by atoms with Crippen LogP contribution in [0.2, 0.25) is 0 Å². The van der Waals surface area contributed by atoms with E-state index in [9.17, 15) is 23.3 Å². The number of sulfonamides is 1. The fraction of sp³-hybridized carbons (Fsp3) is 0.0690. The first-order valence-corrected chi connectivity index (χ1v) is 13.1. The molecule has 0 bridgehead atoms. The highest BCUT2D eigenvalue weighted by Gasteiger charge is 2.17. The van der Waals surface area contributed by atoms with Crippen LogP contribution in [0.5, 0.6) is 0 Å². The van der Waals surface area contributed by atoms with Crippen molar-refractivity contribution in [1.82, 2.24) is 0 Å². The van der Waals surface area contributed by atoms with E-state index in [4.69, 9.17) is 0 Å². The molecule has 0 radical (unpaired) electrons. The van der Waals surface area contributed by atoms with Crippen molar-refractivity contribution in [2.45, 2.75) is 18.7 Å². The van der Waals surface area contributed by atoms with E-state index in [2.05, 4.69) is 10.0 Å². The number of carbonyl (C=O) groups excluding carboxylic acids is 1. The van der Waals surface area contributed by atoms with E-state index < -0.39 is 20.9 Å². The first-order chi connectivity index (χ1) is 18.1. The van der Waals surface area contributed by atoms with Gasteiger partial charge >= 0.3 is 0 Å². The third kappa shape index (κ3) is 6.32. The SMILES string of the molecule is Cc1ccc(NS(=O)(=O)c2ccc(NC(=O)/C(=C\c3cccc([N+](=O)[O-])c3)c3ccccc3)cc2)cc1C. The number of carbonyl (C=O) groups is 1. The normalized spacial score (nSPS) is 11.6. The van der Waals surface area contributed by atoms with Crippen LogP contribution in [0, 0.1) is 24.0 Å². The summed E-state index contributed by atoms with van der Waals surface area (Å²) >= 11 is 0. The van der Waals surface area contributed by atoms with Gasteiger partial charge in [0.1, 0.15) is 0 Å². The molecule has 38 heavy (non-hydrogen) atoms. The average molecular weight is 528 g/mol. The number of rotatable bonds is 8. The van der Waals surface area contributed by atoms with Gasteiger partial charge in [-0.2, -0.15) is 0 Å². The van der Waals surface area contributed by atoms with Gasteiger partial charge in [0.15, 0.2) is 0 Å². The van der Waals surface area contributed by atoms with Gasteiger partial charge in [0.05, 0.1) is 9.82 Å². The maximum Gasteiger partial charge on any atom is 0.270 e. The number of benzene rings is 4. The van der Waals surface area contributed by atoms with E-state index in [1.165, 1.54) is 36.4 Å². The van der Waals surface area contributed by atoms with Gasteiger partial charge in [-0.3, -0.25) is 19.6 Å². The molecule has 0 aliphatic heterocycles. The van der Waals surface area contributed by atoms with Gasteiger partial charge in [0.2, 0.25) is 0 Å². The lowest BCUT2D eigenvalue weighted by molar-refractivity contribution is -0.384. The molecule has 4 aromatic rings. The highest BCUT2D eigenvalue weighted by molar-refractivity contribution is 7.92. The summed E-state index contributed by atoms with van der Waals surface area (Å²) in [5, 5.41) is 14.0. The van der Waals surface area contributed by atoms with Crippen LogP contribution in [0.3, 0.4) is 0 Å². The second-order valence-corrected chi connectivity index (χ2v) is 10.3. The zero-order chi connectivity index (χ0) is 27.3. The molecule has 0 saturated heterocycles. The Balaban J connectivity index is 1.57. The van der Waals surface area contributed by atoms with Crippen molar-refractivity contribution < 1.29 is 18.1 Å². The van der Waals surface area contributed by atoms with Crippen molar-refractivity contribution in [2.75, 3.05) is 10.0 Å². The molecule has 0 spiro atoms. The molecule has 0 saturated carbocycles. The van der Waals surface area contributed by atoms with Gasteiger partial charge in [-0.05, 0) is 78.6 Å². The molecule has 1 amide bonds. The molecule has 4 rings (SSSR count). The Bertz CT molecular complexity index is 1630. The summed E-state index contributed by atoms with van der Waals surface area (Å²) in [6.07, 6.45) is 1.57. The van der Waals surface area contributed by atoms with Crippen LogP contribution in [-0.4, -0.2) is 19.2 Å². The average Bonchev–Trinajstić information content (AvgIpc) is 2.90. The molecule has 9 heteroatoms. The molecule has 0 fully saturated rings. The number of nitrogens with one attached hydrogen (secondary N) is 2. The molecule has 192 valence electrons. The number of nitro groups is 1. The number of anilines is 2. The van der Waals surface area contributed by atoms with Crippen molar-refractivity contribution in [3.8, 4) is 0 Å². The predicted molar refractivity (Wildman–Crippen MR) is 149 cm³/mol. The van der Waals surface area contributed by atoms with Crippen LogP contribution in [0.4, 0.5) is 17.1 Å². The smallest absolute Gasteiger partial charge is 0.270 e. The maximum atomic E-state index is 13.3. The Morgan fingerprint density at radius 1 is 0.816 bits per heavy atom. The zero-order valence-corrected chi connectivity index (χ0v) is 21.5. The molecule has 2 N–H and O–H groups in total. The zero-order valence-electron chi connectivity index (χ0n) is 20.7. The molecule has 0 unspecified atom stereocenters. The Morgan fingerprint density at radius 3 is 2.16 bits per heavy atom. The minimum atomic E-state index is -3.83. The largest absolute Gasteiger partial charge is 0.322 e. The molecule has 4 aromatic carbocycles. The quantitative estimate of drug-likeness (QED) is 0.123. The van der Waals surface area contributed by atoms with Crippen molar-refractivity contribution in [3.63, 3.8) is 0 Å². The van der Waals surface area contributed by atoms with Gasteiger partial charge in [0.25, 0.3) is 21.6 Å². The van der Waals surface area contributed by atoms with E-state index in [1.807, 2.05) is 26.0 Å². The lowest BCUT2D eigenvalue weighted by atomic mass is 10.0. The molecule has 0 heterocycles. The number of hydrogen-bond acceptors (Lipinski definition) is 5. The summed E-state index contributed by atoms with van der Waals surface area (Å²) in [4.78, 5) is 24.0. The molecule has 8 nitrogen and oxygen atoms in total. The number of amides is 1. The second-order valence-electron chi connectivity index (χ2n) is 8.66. The minimum absolute atomic E-state index is 0.0455. The Labute approximate surface area is 220 Å². The molecule has 0 aliphatic rings. The fourth-order valence-corrected chi connectivity index (χ4v) is 4.78. The number of aryl methyl sites for hydroxylation is 2. The number of hydrogen-bond donors (Lipinski definition) is 2. The topological polar surface area (TPSA) is 118 Å². The lowest BCUT2D eigenvalue weighted by Gasteiger charge is -2.12. The molecule has 0 aromatic heterocycles. The highest BCUT2D eigenvalue weighted by Crippen LogP contribution is 2.24. The van der Waals surface area contributed by atoms with Gasteiger partial charge in [-0.1, -0.05) is 48.5 Å². The maximum absolute atomic E-state index is 13.3. The van der Waals surface area contributed by atoms with Gasteiger partial charge < -0.3 is 5.32 Å². The summed E-state index contributed by atoms with van der Waals surface area (Å²) < 4.78 is 28.3. The first-order valence-electron chi connectivity index (χ1n) is 11.7. The second kappa shape index (κ2) is 11.1. The van der Waals surface area contributed by atoms with Crippen LogP contribution in [0.15, 0.2) is 102 Å². The van der Waals surface area contributed by atoms with Crippen molar-refractivity contribution in [2.24, 2.45) is 0 Å². The first kappa shape index (κ1) is 26.3. The fourth-order valence-electron chi connectivity index (χ4n) is 3.73. The summed E-state index contributed by atoms with van der Waals surface area (Å²) in [6.45, 7) is 3.85. The third-order valence-electron chi connectivity index (χ3n) is 5.90. The van der Waals surface area contributed by atoms with Crippen LogP contribution in [-0.2, 0) is 14.8 Å². The van der Waals surface area contributed by atoms with Gasteiger partial charge in [-0.25, -0.2) is 8.42 Å². The molecular weight excluding hydrogens is 502 g/mol. The summed E-state index contributed by atoms with van der Waals surface area (Å²) in [6, 6.07) is 26.0. The van der Waals surface area contributed by atoms with Crippen LogP contribution >= 0.6 is 0 Å².